The van der Waals surface area contributed by atoms with Crippen LogP contribution >= 0.6 is 0 Å². The third kappa shape index (κ3) is 4.84. The van der Waals surface area contributed by atoms with Crippen LogP contribution in [0.2, 0.25) is 0 Å². The van der Waals surface area contributed by atoms with Gasteiger partial charge in [-0.2, -0.15) is 0 Å². The maximum absolute atomic E-state index is 10.2. The van der Waals surface area contributed by atoms with E-state index in [9.17, 15) is 5.11 Å². The summed E-state index contributed by atoms with van der Waals surface area (Å²) in [5, 5.41) is 10.2. The van der Waals surface area contributed by atoms with Crippen molar-refractivity contribution in [3.8, 4) is 5.75 Å². The van der Waals surface area contributed by atoms with Crippen LogP contribution in [0.5, 0.6) is 5.75 Å². The number of rotatable bonds is 7. The number of nitrogens with zero attached hydrogens (tertiary/aromatic N) is 1. The fraction of sp³-hybridized carbons (Fsp3) is 0.625. The number of likely N-dealkylation sites (N-methyl/N-ethyl adjacent to an activating group) is 1. The maximum atomic E-state index is 10.2. The van der Waals surface area contributed by atoms with Gasteiger partial charge in [0.15, 0.2) is 0 Å². The van der Waals surface area contributed by atoms with Gasteiger partial charge in [0.2, 0.25) is 0 Å². The summed E-state index contributed by atoms with van der Waals surface area (Å²) >= 11 is 0. The summed E-state index contributed by atoms with van der Waals surface area (Å²) in [6.45, 7) is 5.82. The van der Waals surface area contributed by atoms with Crippen molar-refractivity contribution < 1.29 is 9.84 Å². The van der Waals surface area contributed by atoms with Crippen LogP contribution in [0.4, 0.5) is 0 Å². The Hall–Kier alpha value is -1.06. The Kier molecular flexibility index (Phi) is 4.83. The van der Waals surface area contributed by atoms with Gasteiger partial charge < -0.3 is 14.7 Å². The molecule has 1 aliphatic carbocycles. The second-order valence-corrected chi connectivity index (χ2v) is 5.92. The Labute approximate surface area is 116 Å². The Morgan fingerprint density at radius 2 is 1.89 bits per heavy atom. The van der Waals surface area contributed by atoms with Gasteiger partial charge in [0.05, 0.1) is 12.2 Å². The Morgan fingerprint density at radius 1 is 1.26 bits per heavy atom. The molecule has 2 rings (SSSR count). The van der Waals surface area contributed by atoms with Crippen molar-refractivity contribution in [2.45, 2.75) is 38.9 Å². The molecule has 1 atom stereocenters. The fourth-order valence-electron chi connectivity index (χ4n) is 2.26. The van der Waals surface area contributed by atoms with E-state index >= 15 is 0 Å². The standard InChI is InChI=1S/C16H25NO2/c1-12(2)19-15-8-6-14(7-9-15)16(18)11-17(3)10-13-4-5-13/h6-9,12-13,16,18H,4-5,10-11H2,1-3H3. The lowest BCUT2D eigenvalue weighted by atomic mass is 10.1. The molecular formula is C16H25NO2. The molecule has 0 aromatic heterocycles. The molecule has 1 aromatic carbocycles. The zero-order chi connectivity index (χ0) is 13.8. The van der Waals surface area contributed by atoms with E-state index in [0.717, 1.165) is 23.8 Å². The van der Waals surface area contributed by atoms with Crippen LogP contribution in [0.25, 0.3) is 0 Å². The first-order valence-electron chi connectivity index (χ1n) is 7.18. The van der Waals surface area contributed by atoms with Crippen molar-refractivity contribution in [1.29, 1.82) is 0 Å². The number of ether oxygens (including phenoxy) is 1. The summed E-state index contributed by atoms with van der Waals surface area (Å²) in [6.07, 6.45) is 2.46. The van der Waals surface area contributed by atoms with Crippen LogP contribution in [0.15, 0.2) is 24.3 Å². The van der Waals surface area contributed by atoms with Crippen molar-refractivity contribution in [2.24, 2.45) is 5.92 Å². The first-order chi connectivity index (χ1) is 9.04. The van der Waals surface area contributed by atoms with Crippen molar-refractivity contribution in [1.82, 2.24) is 4.90 Å². The second-order valence-electron chi connectivity index (χ2n) is 5.92. The Bertz CT molecular complexity index is 384. The van der Waals surface area contributed by atoms with Gasteiger partial charge >= 0.3 is 0 Å². The van der Waals surface area contributed by atoms with Gasteiger partial charge in [-0.05, 0) is 57.4 Å². The highest BCUT2D eigenvalue weighted by atomic mass is 16.5. The zero-order valence-electron chi connectivity index (χ0n) is 12.2. The quantitative estimate of drug-likeness (QED) is 0.821. The predicted molar refractivity (Wildman–Crippen MR) is 77.4 cm³/mol. The van der Waals surface area contributed by atoms with Crippen LogP contribution in [0, 0.1) is 5.92 Å². The molecule has 106 valence electrons. The van der Waals surface area contributed by atoms with Crippen LogP contribution in [-0.2, 0) is 0 Å². The molecule has 1 aromatic rings. The molecule has 1 N–H and O–H groups in total. The molecule has 19 heavy (non-hydrogen) atoms. The topological polar surface area (TPSA) is 32.7 Å². The minimum Gasteiger partial charge on any atom is -0.491 e. The maximum Gasteiger partial charge on any atom is 0.119 e. The van der Waals surface area contributed by atoms with Crippen LogP contribution in [-0.4, -0.2) is 36.2 Å². The molecular weight excluding hydrogens is 238 g/mol. The fourth-order valence-corrected chi connectivity index (χ4v) is 2.26. The average Bonchev–Trinajstić information content (AvgIpc) is 3.12. The molecule has 1 saturated carbocycles. The molecule has 1 fully saturated rings. The molecule has 0 bridgehead atoms. The summed E-state index contributed by atoms with van der Waals surface area (Å²) in [6, 6.07) is 7.76. The third-order valence-electron chi connectivity index (χ3n) is 3.39. The predicted octanol–water partition coefficient (Wildman–Crippen LogP) is 2.85. The highest BCUT2D eigenvalue weighted by molar-refractivity contribution is 5.28. The van der Waals surface area contributed by atoms with Gasteiger partial charge in [-0.1, -0.05) is 12.1 Å². The van der Waals surface area contributed by atoms with E-state index in [1.807, 2.05) is 38.1 Å². The lowest BCUT2D eigenvalue weighted by Gasteiger charge is -2.21. The van der Waals surface area contributed by atoms with E-state index in [4.69, 9.17) is 4.74 Å². The summed E-state index contributed by atoms with van der Waals surface area (Å²) in [7, 11) is 2.08. The van der Waals surface area contributed by atoms with E-state index in [0.29, 0.717) is 6.54 Å². The van der Waals surface area contributed by atoms with Gasteiger partial charge in [0.1, 0.15) is 5.75 Å². The van der Waals surface area contributed by atoms with Gasteiger partial charge in [-0.3, -0.25) is 0 Å². The van der Waals surface area contributed by atoms with Crippen LogP contribution < -0.4 is 4.74 Å². The molecule has 1 aliphatic rings. The van der Waals surface area contributed by atoms with E-state index in [1.54, 1.807) is 0 Å². The number of benzene rings is 1. The first kappa shape index (κ1) is 14.4. The summed E-state index contributed by atoms with van der Waals surface area (Å²) < 4.78 is 5.60. The number of aliphatic hydroxyl groups is 1. The Balaban J connectivity index is 1.85. The highest BCUT2D eigenvalue weighted by Crippen LogP contribution is 2.29. The van der Waals surface area contributed by atoms with Gasteiger partial charge in [-0.25, -0.2) is 0 Å². The monoisotopic (exact) mass is 263 g/mol. The summed E-state index contributed by atoms with van der Waals surface area (Å²) in [4.78, 5) is 2.22. The lowest BCUT2D eigenvalue weighted by Crippen LogP contribution is -2.26. The molecule has 0 amide bonds. The molecule has 0 radical (unpaired) electrons. The van der Waals surface area contributed by atoms with Gasteiger partial charge in [0.25, 0.3) is 0 Å². The van der Waals surface area contributed by atoms with Crippen LogP contribution in [0.3, 0.4) is 0 Å². The molecule has 0 aliphatic heterocycles. The summed E-state index contributed by atoms with van der Waals surface area (Å²) in [5.41, 5.74) is 0.957. The second kappa shape index (κ2) is 6.40. The lowest BCUT2D eigenvalue weighted by molar-refractivity contribution is 0.124. The van der Waals surface area contributed by atoms with E-state index in [-0.39, 0.29) is 6.10 Å². The van der Waals surface area contributed by atoms with Crippen molar-refractivity contribution >= 4 is 0 Å². The molecule has 0 saturated heterocycles. The minimum atomic E-state index is -0.420. The van der Waals surface area contributed by atoms with Gasteiger partial charge in [0, 0.05) is 13.1 Å². The zero-order valence-corrected chi connectivity index (χ0v) is 12.2. The summed E-state index contributed by atoms with van der Waals surface area (Å²) in [5.74, 6) is 1.72. The van der Waals surface area contributed by atoms with Crippen molar-refractivity contribution in [3.05, 3.63) is 29.8 Å². The van der Waals surface area contributed by atoms with E-state index in [1.165, 1.54) is 12.8 Å². The molecule has 3 nitrogen and oxygen atoms in total. The largest absolute Gasteiger partial charge is 0.491 e. The third-order valence-corrected chi connectivity index (χ3v) is 3.39. The van der Waals surface area contributed by atoms with Crippen LogP contribution in [0.1, 0.15) is 38.4 Å². The van der Waals surface area contributed by atoms with E-state index < -0.39 is 6.10 Å². The van der Waals surface area contributed by atoms with E-state index in [2.05, 4.69) is 11.9 Å². The smallest absolute Gasteiger partial charge is 0.119 e. The van der Waals surface area contributed by atoms with Gasteiger partial charge in [-0.15, -0.1) is 0 Å². The number of hydrogen-bond acceptors (Lipinski definition) is 3. The number of aliphatic hydroxyl groups excluding tert-OH is 1. The Morgan fingerprint density at radius 3 is 2.42 bits per heavy atom. The first-order valence-corrected chi connectivity index (χ1v) is 7.18. The molecule has 0 spiro atoms. The van der Waals surface area contributed by atoms with Crippen molar-refractivity contribution in [2.75, 3.05) is 20.1 Å². The minimum absolute atomic E-state index is 0.181. The molecule has 0 heterocycles. The van der Waals surface area contributed by atoms with Crippen molar-refractivity contribution in [3.63, 3.8) is 0 Å². The molecule has 3 heteroatoms. The average molecular weight is 263 g/mol. The highest BCUT2D eigenvalue weighted by Gasteiger charge is 2.23. The normalized spacial score (nSPS) is 16.9. The SMILES string of the molecule is CC(C)Oc1ccc(C(O)CN(C)CC2CC2)cc1. The molecule has 1 unspecified atom stereocenters. The number of hydrogen-bond donors (Lipinski definition) is 1.